The Labute approximate surface area is 184 Å². The highest BCUT2D eigenvalue weighted by atomic mass is 32.3. The second-order valence-electron chi connectivity index (χ2n) is 7.54. The average Bonchev–Trinajstić information content (AvgIpc) is 2.73. The maximum Gasteiger partial charge on any atom is 0.258 e. The zero-order valence-electron chi connectivity index (χ0n) is 18.1. The third-order valence-electron chi connectivity index (χ3n) is 4.58. The Kier molecular flexibility index (Phi) is 7.04. The Bertz CT molecular complexity index is 1070. The van der Waals surface area contributed by atoms with Crippen molar-refractivity contribution in [3.63, 3.8) is 0 Å². The number of hydrogen-bond donors (Lipinski definition) is 2. The van der Waals surface area contributed by atoms with E-state index in [1.165, 1.54) is 0 Å². The molecule has 31 heavy (non-hydrogen) atoms. The van der Waals surface area contributed by atoms with Gasteiger partial charge >= 0.3 is 0 Å². The molecule has 3 rings (SSSR count). The monoisotopic (exact) mass is 437 g/mol. The van der Waals surface area contributed by atoms with Gasteiger partial charge in [-0.3, -0.25) is 14.6 Å². The summed E-state index contributed by atoms with van der Waals surface area (Å²) in [5, 5.41) is 3.49. The van der Waals surface area contributed by atoms with Gasteiger partial charge in [-0.25, -0.2) is 4.98 Å². The molecule has 2 aromatic heterocycles. The predicted octanol–water partition coefficient (Wildman–Crippen LogP) is 3.48. The summed E-state index contributed by atoms with van der Waals surface area (Å²) in [6.45, 7) is 2.20. The van der Waals surface area contributed by atoms with Crippen LogP contribution in [0.15, 0.2) is 77.0 Å². The summed E-state index contributed by atoms with van der Waals surface area (Å²) in [4.78, 5) is 37.3. The van der Waals surface area contributed by atoms with E-state index >= 15 is 0 Å². The number of amides is 2. The summed E-state index contributed by atoms with van der Waals surface area (Å²) in [6, 6.07) is 14.8. The molecule has 162 valence electrons. The number of hydrogen-bond acceptors (Lipinski definition) is 5. The summed E-state index contributed by atoms with van der Waals surface area (Å²) in [5.41, 5.74) is 2.17. The molecule has 0 fully saturated rings. The van der Waals surface area contributed by atoms with E-state index in [0.29, 0.717) is 16.3 Å². The Morgan fingerprint density at radius 1 is 1.03 bits per heavy atom. The van der Waals surface area contributed by atoms with Crippen molar-refractivity contribution in [1.82, 2.24) is 19.6 Å². The van der Waals surface area contributed by atoms with Gasteiger partial charge < -0.3 is 14.9 Å². The van der Waals surface area contributed by atoms with Gasteiger partial charge in [0.2, 0.25) is 5.91 Å². The van der Waals surface area contributed by atoms with Crippen molar-refractivity contribution in [3.8, 4) is 0 Å². The lowest BCUT2D eigenvalue weighted by Gasteiger charge is -2.37. The molecule has 8 heteroatoms. The van der Waals surface area contributed by atoms with Gasteiger partial charge in [0.1, 0.15) is 5.03 Å². The van der Waals surface area contributed by atoms with E-state index in [9.17, 15) is 9.59 Å². The lowest BCUT2D eigenvalue weighted by molar-refractivity contribution is -0.119. The van der Waals surface area contributed by atoms with Crippen molar-refractivity contribution >= 4 is 27.7 Å². The van der Waals surface area contributed by atoms with E-state index in [0.717, 1.165) is 10.5 Å². The molecule has 1 atom stereocenters. The van der Waals surface area contributed by atoms with Crippen LogP contribution in [0.3, 0.4) is 0 Å². The number of likely N-dealkylation sites (N-methyl/N-ethyl adjacent to an activating group) is 1. The Balaban J connectivity index is 2.04. The van der Waals surface area contributed by atoms with Crippen molar-refractivity contribution < 1.29 is 9.59 Å². The number of benzene rings is 1. The average molecular weight is 438 g/mol. The maximum absolute atomic E-state index is 13.2. The molecule has 3 aromatic rings. The number of nitrogens with zero attached hydrogens (tertiary/aromatic N) is 3. The number of carbonyl (C=O) groups excluding carboxylic acids is 2. The van der Waals surface area contributed by atoms with Crippen molar-refractivity contribution in [2.75, 3.05) is 32.2 Å². The first-order valence-electron chi connectivity index (χ1n) is 9.76. The van der Waals surface area contributed by atoms with Crippen molar-refractivity contribution in [2.24, 2.45) is 0 Å². The predicted molar refractivity (Wildman–Crippen MR) is 124 cm³/mol. The molecule has 0 radical (unpaired) electrons. The van der Waals surface area contributed by atoms with E-state index in [-0.39, 0.29) is 18.4 Å². The molecule has 2 heterocycles. The third kappa shape index (κ3) is 5.48. The fraction of sp³-hybridized carbons (Fsp3) is 0.217. The highest BCUT2D eigenvalue weighted by molar-refractivity contribution is 8.32. The van der Waals surface area contributed by atoms with Crippen molar-refractivity contribution in [3.05, 3.63) is 78.2 Å². The van der Waals surface area contributed by atoms with E-state index in [1.807, 2.05) is 63.7 Å². The number of nitrogens with one attached hydrogen (secondary N) is 2. The molecule has 0 saturated heterocycles. The Morgan fingerprint density at radius 3 is 2.45 bits per heavy atom. The van der Waals surface area contributed by atoms with Crippen LogP contribution < -0.4 is 10.0 Å². The number of aromatic nitrogens is 2. The smallest absolute Gasteiger partial charge is 0.258 e. The number of aryl methyl sites for hydroxylation is 1. The zero-order valence-corrected chi connectivity index (χ0v) is 18.9. The van der Waals surface area contributed by atoms with Crippen molar-refractivity contribution in [2.45, 2.75) is 16.8 Å². The minimum Gasteiger partial charge on any atom is -0.322 e. The molecule has 1 aromatic carbocycles. The normalized spacial score (nSPS) is 13.8. The number of pyridine rings is 2. The van der Waals surface area contributed by atoms with Crippen molar-refractivity contribution in [1.29, 1.82) is 0 Å². The lowest BCUT2D eigenvalue weighted by atomic mass is 10.2. The highest BCUT2D eigenvalue weighted by Crippen LogP contribution is 2.56. The second-order valence-corrected chi connectivity index (χ2v) is 10.4. The molecule has 0 aliphatic heterocycles. The quantitative estimate of drug-likeness (QED) is 0.591. The van der Waals surface area contributed by atoms with E-state index in [1.54, 1.807) is 35.6 Å². The molecule has 7 nitrogen and oxygen atoms in total. The summed E-state index contributed by atoms with van der Waals surface area (Å²) in [6.07, 6.45) is 6.92. The van der Waals surface area contributed by atoms with Gasteiger partial charge in [0.25, 0.3) is 5.91 Å². The van der Waals surface area contributed by atoms with E-state index < -0.39 is 10.2 Å². The first kappa shape index (κ1) is 22.5. The van der Waals surface area contributed by atoms with Crippen LogP contribution in [-0.4, -0.2) is 53.6 Å². The minimum atomic E-state index is -2.16. The van der Waals surface area contributed by atoms with Gasteiger partial charge in [0, 0.05) is 29.2 Å². The second kappa shape index (κ2) is 9.72. The van der Waals surface area contributed by atoms with Crippen LogP contribution in [0.4, 0.5) is 5.69 Å². The van der Waals surface area contributed by atoms with Crippen LogP contribution in [0.5, 0.6) is 0 Å². The lowest BCUT2D eigenvalue weighted by Crippen LogP contribution is -2.36. The van der Waals surface area contributed by atoms with Crippen LogP contribution in [0.1, 0.15) is 15.9 Å². The molecule has 0 saturated carbocycles. The standard InChI is InChI=1S/C23H27N5O2S/c1-17-7-5-8-18(15-17)26-22(30)20-9-6-12-25-23(20)31(4,19-10-13-24-14-11-19)27-21(29)16-28(2)3/h5-15H,16H2,1-4H3,(H,26,30)(H,27,29). The zero-order chi connectivity index (χ0) is 22.4. The maximum atomic E-state index is 13.2. The Hall–Kier alpha value is -3.23. The number of anilines is 1. The first-order chi connectivity index (χ1) is 14.8. The molecular formula is C23H27N5O2S. The largest absolute Gasteiger partial charge is 0.322 e. The minimum absolute atomic E-state index is 0.144. The van der Waals surface area contributed by atoms with Gasteiger partial charge in [0.15, 0.2) is 0 Å². The number of carbonyl (C=O) groups is 2. The van der Waals surface area contributed by atoms with Crippen LogP contribution in [0, 0.1) is 6.92 Å². The molecular weight excluding hydrogens is 410 g/mol. The summed E-state index contributed by atoms with van der Waals surface area (Å²) >= 11 is 0. The topological polar surface area (TPSA) is 87.2 Å². The number of rotatable bonds is 7. The van der Waals surface area contributed by atoms with Gasteiger partial charge in [-0.2, -0.15) is 0 Å². The van der Waals surface area contributed by atoms with Crippen LogP contribution >= 0.6 is 10.2 Å². The molecule has 1 unspecified atom stereocenters. The van der Waals surface area contributed by atoms with Gasteiger partial charge in [-0.15, -0.1) is 0 Å². The third-order valence-corrected chi connectivity index (χ3v) is 7.53. The molecule has 2 amide bonds. The summed E-state index contributed by atoms with van der Waals surface area (Å²) in [7, 11) is 1.51. The molecule has 0 bridgehead atoms. The van der Waals surface area contributed by atoms with E-state index in [4.69, 9.17) is 0 Å². The summed E-state index contributed by atoms with van der Waals surface area (Å²) in [5.74, 6) is -0.418. The molecule has 0 aliphatic carbocycles. The first-order valence-corrected chi connectivity index (χ1v) is 11.8. The van der Waals surface area contributed by atoms with E-state index in [2.05, 4.69) is 20.0 Å². The fourth-order valence-electron chi connectivity index (χ4n) is 3.19. The van der Waals surface area contributed by atoms with Crippen LogP contribution in [0.25, 0.3) is 0 Å². The Morgan fingerprint density at radius 2 is 1.77 bits per heavy atom. The molecule has 0 aliphatic rings. The van der Waals surface area contributed by atoms with Gasteiger partial charge in [-0.1, -0.05) is 22.3 Å². The van der Waals surface area contributed by atoms with Gasteiger partial charge in [-0.05, 0) is 69.2 Å². The van der Waals surface area contributed by atoms with Gasteiger partial charge in [0.05, 0.1) is 12.1 Å². The highest BCUT2D eigenvalue weighted by Gasteiger charge is 2.31. The molecule has 0 spiro atoms. The summed E-state index contributed by atoms with van der Waals surface area (Å²) < 4.78 is 3.16. The van der Waals surface area contributed by atoms with Crippen LogP contribution in [-0.2, 0) is 4.79 Å². The SMILES string of the molecule is Cc1cccc(NC(=O)c2cccnc2S(C)(NC(=O)CN(C)C)c2ccncc2)c1. The molecule has 2 N–H and O–H groups in total. The van der Waals surface area contributed by atoms with Crippen LogP contribution in [0.2, 0.25) is 0 Å². The fourth-order valence-corrected chi connectivity index (χ4v) is 5.68.